The maximum absolute atomic E-state index is 12.1. The summed E-state index contributed by atoms with van der Waals surface area (Å²) in [6.45, 7) is 9.62. The maximum Gasteiger partial charge on any atom is 0.272 e. The van der Waals surface area contributed by atoms with Crippen LogP contribution in [0.25, 0.3) is 0 Å². The van der Waals surface area contributed by atoms with Crippen LogP contribution < -0.4 is 10.1 Å². The van der Waals surface area contributed by atoms with Gasteiger partial charge in [-0.2, -0.15) is 0 Å². The Morgan fingerprint density at radius 1 is 1.37 bits per heavy atom. The van der Waals surface area contributed by atoms with E-state index < -0.39 is 0 Å². The molecule has 1 N–H and O–H groups in total. The van der Waals surface area contributed by atoms with Gasteiger partial charge in [0.25, 0.3) is 5.91 Å². The number of hydrogen-bond acceptors (Lipinski definition) is 4. The van der Waals surface area contributed by atoms with Gasteiger partial charge in [0, 0.05) is 31.9 Å². The normalized spacial score (nSPS) is 10.3. The Bertz CT molecular complexity index is 392. The van der Waals surface area contributed by atoms with E-state index in [1.165, 1.54) is 0 Å². The molecular weight excluding hydrogens is 242 g/mol. The molecule has 0 atom stereocenters. The molecule has 106 valence electrons. The van der Waals surface area contributed by atoms with Crippen LogP contribution in [0.5, 0.6) is 5.75 Å². The molecule has 0 fully saturated rings. The molecule has 19 heavy (non-hydrogen) atoms. The van der Waals surface area contributed by atoms with Crippen molar-refractivity contribution in [1.82, 2.24) is 15.2 Å². The highest BCUT2D eigenvalue weighted by atomic mass is 16.5. The van der Waals surface area contributed by atoms with Gasteiger partial charge in [-0.1, -0.05) is 6.92 Å². The summed E-state index contributed by atoms with van der Waals surface area (Å²) in [5.74, 6) is 0.630. The summed E-state index contributed by atoms with van der Waals surface area (Å²) in [5, 5.41) is 3.18. The molecule has 0 bridgehead atoms. The molecule has 0 radical (unpaired) electrons. The predicted molar refractivity (Wildman–Crippen MR) is 75.5 cm³/mol. The van der Waals surface area contributed by atoms with Crippen LogP contribution in [0.1, 0.15) is 31.3 Å². The number of likely N-dealkylation sites (N-methyl/N-ethyl adjacent to an activating group) is 1. The predicted octanol–water partition coefficient (Wildman–Crippen LogP) is 1.55. The monoisotopic (exact) mass is 265 g/mol. The van der Waals surface area contributed by atoms with Crippen molar-refractivity contribution in [2.45, 2.75) is 20.8 Å². The molecule has 0 aromatic carbocycles. The first kappa shape index (κ1) is 15.4. The van der Waals surface area contributed by atoms with E-state index in [9.17, 15) is 4.79 Å². The number of hydrogen-bond donors (Lipinski definition) is 1. The zero-order valence-electron chi connectivity index (χ0n) is 12.0. The Hall–Kier alpha value is -1.62. The minimum Gasteiger partial charge on any atom is -0.492 e. The summed E-state index contributed by atoms with van der Waals surface area (Å²) in [6, 6.07) is 3.47. The third-order valence-electron chi connectivity index (χ3n) is 2.80. The van der Waals surface area contributed by atoms with Crippen molar-refractivity contribution < 1.29 is 9.53 Å². The highest BCUT2D eigenvalue weighted by Crippen LogP contribution is 2.12. The number of carbonyl (C=O) groups is 1. The molecule has 0 aliphatic carbocycles. The molecule has 1 aromatic rings. The van der Waals surface area contributed by atoms with Gasteiger partial charge in [0.15, 0.2) is 0 Å². The van der Waals surface area contributed by atoms with E-state index in [4.69, 9.17) is 4.74 Å². The molecule has 0 saturated carbocycles. The molecule has 0 aliphatic rings. The Balaban J connectivity index is 2.63. The third kappa shape index (κ3) is 4.87. The molecule has 1 rings (SSSR count). The van der Waals surface area contributed by atoms with Gasteiger partial charge < -0.3 is 15.0 Å². The number of carbonyl (C=O) groups excluding carboxylic acids is 1. The van der Waals surface area contributed by atoms with Crippen molar-refractivity contribution in [3.8, 4) is 5.75 Å². The van der Waals surface area contributed by atoms with Crippen molar-refractivity contribution >= 4 is 5.91 Å². The van der Waals surface area contributed by atoms with Gasteiger partial charge in [-0.25, -0.2) is 0 Å². The minimum absolute atomic E-state index is 0.0536. The van der Waals surface area contributed by atoms with Gasteiger partial charge in [0.2, 0.25) is 0 Å². The molecule has 0 unspecified atom stereocenters. The maximum atomic E-state index is 12.1. The average Bonchev–Trinajstić information content (AvgIpc) is 2.45. The lowest BCUT2D eigenvalue weighted by atomic mass is 10.3. The molecule has 1 aromatic heterocycles. The van der Waals surface area contributed by atoms with Crippen molar-refractivity contribution in [2.75, 3.05) is 32.8 Å². The van der Waals surface area contributed by atoms with Crippen LogP contribution in [0.15, 0.2) is 18.3 Å². The minimum atomic E-state index is -0.0536. The van der Waals surface area contributed by atoms with Crippen LogP contribution in [-0.2, 0) is 0 Å². The van der Waals surface area contributed by atoms with E-state index in [1.807, 2.05) is 20.8 Å². The van der Waals surface area contributed by atoms with Gasteiger partial charge in [-0.3, -0.25) is 9.78 Å². The van der Waals surface area contributed by atoms with Crippen molar-refractivity contribution in [2.24, 2.45) is 0 Å². The molecule has 0 aliphatic heterocycles. The second-order valence-corrected chi connectivity index (χ2v) is 4.06. The van der Waals surface area contributed by atoms with Crippen LogP contribution >= 0.6 is 0 Å². The first-order chi connectivity index (χ1) is 9.22. The molecule has 5 nitrogen and oxygen atoms in total. The van der Waals surface area contributed by atoms with Crippen molar-refractivity contribution in [1.29, 1.82) is 0 Å². The van der Waals surface area contributed by atoms with E-state index in [0.29, 0.717) is 31.1 Å². The van der Waals surface area contributed by atoms with E-state index in [0.717, 1.165) is 13.1 Å². The summed E-state index contributed by atoms with van der Waals surface area (Å²) in [5.41, 5.74) is 0.435. The van der Waals surface area contributed by atoms with Gasteiger partial charge in [0.05, 0.1) is 0 Å². The van der Waals surface area contributed by atoms with Crippen molar-refractivity contribution in [3.05, 3.63) is 24.0 Å². The standard InChI is InChI=1S/C14H23N3O2/c1-4-15-9-10-19-12-7-8-16-13(11-12)14(18)17(5-2)6-3/h7-8,11,15H,4-6,9-10H2,1-3H3. The van der Waals surface area contributed by atoms with Crippen LogP contribution in [-0.4, -0.2) is 48.6 Å². The number of aromatic nitrogens is 1. The van der Waals surface area contributed by atoms with Crippen LogP contribution in [0, 0.1) is 0 Å². The molecule has 0 saturated heterocycles. The van der Waals surface area contributed by atoms with Gasteiger partial charge in [0.1, 0.15) is 18.1 Å². The fraction of sp³-hybridized carbons (Fsp3) is 0.571. The van der Waals surface area contributed by atoms with Gasteiger partial charge in [-0.05, 0) is 26.5 Å². The number of nitrogens with zero attached hydrogens (tertiary/aromatic N) is 2. The second-order valence-electron chi connectivity index (χ2n) is 4.06. The first-order valence-corrected chi connectivity index (χ1v) is 6.81. The number of nitrogens with one attached hydrogen (secondary N) is 1. The zero-order valence-corrected chi connectivity index (χ0v) is 12.0. The molecular formula is C14H23N3O2. The smallest absolute Gasteiger partial charge is 0.272 e. The average molecular weight is 265 g/mol. The number of ether oxygens (including phenoxy) is 1. The summed E-state index contributed by atoms with van der Waals surface area (Å²) < 4.78 is 5.57. The Labute approximate surface area is 115 Å². The third-order valence-corrected chi connectivity index (χ3v) is 2.80. The molecule has 5 heteroatoms. The lowest BCUT2D eigenvalue weighted by Gasteiger charge is -2.18. The topological polar surface area (TPSA) is 54.5 Å². The number of amides is 1. The summed E-state index contributed by atoms with van der Waals surface area (Å²) >= 11 is 0. The summed E-state index contributed by atoms with van der Waals surface area (Å²) in [7, 11) is 0. The highest BCUT2D eigenvalue weighted by Gasteiger charge is 2.14. The first-order valence-electron chi connectivity index (χ1n) is 6.81. The molecule has 1 heterocycles. The fourth-order valence-electron chi connectivity index (χ4n) is 1.71. The van der Waals surface area contributed by atoms with Crippen LogP contribution in [0.4, 0.5) is 0 Å². The summed E-state index contributed by atoms with van der Waals surface area (Å²) in [6.07, 6.45) is 1.61. The Morgan fingerprint density at radius 2 is 2.11 bits per heavy atom. The fourth-order valence-corrected chi connectivity index (χ4v) is 1.71. The van der Waals surface area contributed by atoms with Crippen molar-refractivity contribution in [3.63, 3.8) is 0 Å². The summed E-state index contributed by atoms with van der Waals surface area (Å²) in [4.78, 5) is 18.0. The molecule has 1 amide bonds. The Morgan fingerprint density at radius 3 is 2.74 bits per heavy atom. The number of pyridine rings is 1. The second kappa shape index (κ2) is 8.48. The molecule has 0 spiro atoms. The van der Waals surface area contributed by atoms with E-state index >= 15 is 0 Å². The van der Waals surface area contributed by atoms with Crippen LogP contribution in [0.2, 0.25) is 0 Å². The largest absolute Gasteiger partial charge is 0.492 e. The number of rotatable bonds is 8. The van der Waals surface area contributed by atoms with E-state index in [-0.39, 0.29) is 5.91 Å². The van der Waals surface area contributed by atoms with E-state index in [1.54, 1.807) is 23.2 Å². The zero-order chi connectivity index (χ0) is 14.1. The van der Waals surface area contributed by atoms with Gasteiger partial charge in [-0.15, -0.1) is 0 Å². The van der Waals surface area contributed by atoms with Crippen LogP contribution in [0.3, 0.4) is 0 Å². The SMILES string of the molecule is CCNCCOc1ccnc(C(=O)N(CC)CC)c1. The van der Waals surface area contributed by atoms with E-state index in [2.05, 4.69) is 10.3 Å². The quantitative estimate of drug-likeness (QED) is 0.725. The van der Waals surface area contributed by atoms with Gasteiger partial charge >= 0.3 is 0 Å². The highest BCUT2D eigenvalue weighted by molar-refractivity contribution is 5.92. The Kier molecular flexibility index (Phi) is 6.89. The lowest BCUT2D eigenvalue weighted by Crippen LogP contribution is -2.31. The lowest BCUT2D eigenvalue weighted by molar-refractivity contribution is 0.0766.